The second-order valence-electron chi connectivity index (χ2n) is 9.64. The molecule has 2 aliphatic rings. The fraction of sp³-hybridized carbons (Fsp3) is 0.519. The minimum Gasteiger partial charge on any atom is -0.495 e. The van der Waals surface area contributed by atoms with E-state index in [9.17, 15) is 4.79 Å². The molecule has 1 aromatic carbocycles. The van der Waals surface area contributed by atoms with E-state index in [1.54, 1.807) is 7.11 Å². The highest BCUT2D eigenvalue weighted by Crippen LogP contribution is 2.42. The first-order valence-corrected chi connectivity index (χ1v) is 13.7. The number of carbonyl (C=O) groups is 1. The van der Waals surface area contributed by atoms with Gasteiger partial charge in [0.15, 0.2) is 0 Å². The Kier molecular flexibility index (Phi) is 7.44. The summed E-state index contributed by atoms with van der Waals surface area (Å²) in [4.78, 5) is 24.5. The Labute approximate surface area is 215 Å². The molecule has 1 N–H and O–H groups in total. The molecule has 2 aliphatic carbocycles. The molecular formula is C27H32ClN3O3S. The lowest BCUT2D eigenvalue weighted by Crippen LogP contribution is -2.19. The van der Waals surface area contributed by atoms with Crippen LogP contribution in [-0.2, 0) is 28.9 Å². The maximum atomic E-state index is 11.7. The first kappa shape index (κ1) is 24.3. The molecule has 5 rings (SSSR count). The standard InChI is InChI=1S/C27H32ClN3O3S/c1-33-21-12-9-17(13-20(21)28)15-29-26-24-19-5-3-4-6-22(19)35-27(24)31-25(30-26)18-10-7-16(8-11-18)14-23(32)34-2/h9,12-13,16,18H,3-8,10-11,14-15H2,1-2H3,(H,29,30,31). The third-order valence-corrected chi connectivity index (χ3v) is 8.88. The first-order valence-electron chi connectivity index (χ1n) is 12.5. The number of esters is 1. The van der Waals surface area contributed by atoms with Crippen LogP contribution in [0.4, 0.5) is 5.82 Å². The summed E-state index contributed by atoms with van der Waals surface area (Å²) in [5, 5.41) is 5.43. The highest BCUT2D eigenvalue weighted by molar-refractivity contribution is 7.19. The highest BCUT2D eigenvalue weighted by Gasteiger charge is 2.28. The SMILES string of the molecule is COC(=O)CC1CCC(c2nc(NCc3ccc(OC)c(Cl)c3)c3c4c(sc3n2)CCCC4)CC1. The van der Waals surface area contributed by atoms with Crippen LogP contribution in [0.5, 0.6) is 5.75 Å². The fourth-order valence-corrected chi connectivity index (χ4v) is 6.98. The molecule has 0 radical (unpaired) electrons. The van der Waals surface area contributed by atoms with Crippen LogP contribution >= 0.6 is 22.9 Å². The largest absolute Gasteiger partial charge is 0.495 e. The van der Waals surface area contributed by atoms with Crippen LogP contribution < -0.4 is 10.1 Å². The van der Waals surface area contributed by atoms with Crippen molar-refractivity contribution in [1.29, 1.82) is 0 Å². The molecule has 1 fully saturated rings. The van der Waals surface area contributed by atoms with Crippen molar-refractivity contribution in [3.05, 3.63) is 45.1 Å². The van der Waals surface area contributed by atoms with Gasteiger partial charge in [0, 0.05) is 23.8 Å². The Hall–Kier alpha value is -2.38. The third-order valence-electron chi connectivity index (χ3n) is 7.40. The van der Waals surface area contributed by atoms with Crippen molar-refractivity contribution < 1.29 is 14.3 Å². The van der Waals surface area contributed by atoms with Crippen molar-refractivity contribution in [3.8, 4) is 5.75 Å². The average molecular weight is 514 g/mol. The number of rotatable bonds is 7. The van der Waals surface area contributed by atoms with Crippen LogP contribution in [-0.4, -0.2) is 30.2 Å². The molecule has 35 heavy (non-hydrogen) atoms. The Morgan fingerprint density at radius 1 is 1.14 bits per heavy atom. The molecule has 1 saturated carbocycles. The van der Waals surface area contributed by atoms with E-state index < -0.39 is 0 Å². The third kappa shape index (κ3) is 5.26. The number of fused-ring (bicyclic) bond motifs is 3. The number of nitrogens with one attached hydrogen (secondary N) is 1. The zero-order chi connectivity index (χ0) is 24.4. The molecule has 0 aliphatic heterocycles. The molecule has 8 heteroatoms. The van der Waals surface area contributed by atoms with Crippen LogP contribution in [0.15, 0.2) is 18.2 Å². The fourth-order valence-electron chi connectivity index (χ4n) is 5.43. The number of hydrogen-bond donors (Lipinski definition) is 1. The predicted octanol–water partition coefficient (Wildman–Crippen LogP) is 6.68. The molecule has 0 spiro atoms. The number of benzene rings is 1. The summed E-state index contributed by atoms with van der Waals surface area (Å²) in [5.41, 5.74) is 2.51. The summed E-state index contributed by atoms with van der Waals surface area (Å²) < 4.78 is 10.2. The quantitative estimate of drug-likeness (QED) is 0.355. The molecule has 2 aromatic heterocycles. The van der Waals surface area contributed by atoms with Crippen molar-refractivity contribution in [3.63, 3.8) is 0 Å². The van der Waals surface area contributed by atoms with E-state index in [1.165, 1.54) is 35.8 Å². The number of hydrogen-bond acceptors (Lipinski definition) is 7. The van der Waals surface area contributed by atoms with Gasteiger partial charge in [-0.3, -0.25) is 4.79 Å². The van der Waals surface area contributed by atoms with Crippen molar-refractivity contribution in [2.24, 2.45) is 5.92 Å². The first-order chi connectivity index (χ1) is 17.1. The summed E-state index contributed by atoms with van der Waals surface area (Å²) in [5.74, 6) is 3.16. The van der Waals surface area contributed by atoms with Crippen molar-refractivity contribution in [1.82, 2.24) is 9.97 Å². The van der Waals surface area contributed by atoms with E-state index in [0.717, 1.165) is 60.6 Å². The van der Waals surface area contributed by atoms with E-state index >= 15 is 0 Å². The summed E-state index contributed by atoms with van der Waals surface area (Å²) in [6.07, 6.45) is 9.24. The van der Waals surface area contributed by atoms with Gasteiger partial charge in [-0.15, -0.1) is 11.3 Å². The van der Waals surface area contributed by atoms with Gasteiger partial charge in [-0.05, 0) is 80.5 Å². The zero-order valence-corrected chi connectivity index (χ0v) is 21.9. The molecule has 3 aromatic rings. The molecule has 2 heterocycles. The number of aryl methyl sites for hydroxylation is 2. The number of anilines is 1. The number of nitrogens with zero attached hydrogens (tertiary/aromatic N) is 2. The Bertz CT molecular complexity index is 1220. The van der Waals surface area contributed by atoms with E-state index in [-0.39, 0.29) is 5.97 Å². The Balaban J connectivity index is 1.41. The summed E-state index contributed by atoms with van der Waals surface area (Å²) in [6, 6.07) is 5.88. The Morgan fingerprint density at radius 3 is 2.69 bits per heavy atom. The molecule has 6 nitrogen and oxygen atoms in total. The maximum Gasteiger partial charge on any atom is 0.305 e. The van der Waals surface area contributed by atoms with Crippen molar-refractivity contribution >= 4 is 44.9 Å². The average Bonchev–Trinajstić information content (AvgIpc) is 3.26. The smallest absolute Gasteiger partial charge is 0.305 e. The maximum absolute atomic E-state index is 11.7. The topological polar surface area (TPSA) is 73.3 Å². The van der Waals surface area contributed by atoms with Gasteiger partial charge in [-0.2, -0.15) is 0 Å². The monoisotopic (exact) mass is 513 g/mol. The van der Waals surface area contributed by atoms with Gasteiger partial charge >= 0.3 is 5.97 Å². The lowest BCUT2D eigenvalue weighted by molar-refractivity contribution is -0.142. The molecule has 0 amide bonds. The van der Waals surface area contributed by atoms with Gasteiger partial charge in [0.1, 0.15) is 22.2 Å². The van der Waals surface area contributed by atoms with E-state index in [2.05, 4.69) is 5.32 Å². The van der Waals surface area contributed by atoms with Gasteiger partial charge in [0.05, 0.1) is 24.6 Å². The summed E-state index contributed by atoms with van der Waals surface area (Å²) in [6.45, 7) is 0.631. The predicted molar refractivity (Wildman–Crippen MR) is 141 cm³/mol. The molecule has 0 bridgehead atoms. The number of carbonyl (C=O) groups excluding carboxylic acids is 1. The molecular weight excluding hydrogens is 482 g/mol. The van der Waals surface area contributed by atoms with Gasteiger partial charge < -0.3 is 14.8 Å². The summed E-state index contributed by atoms with van der Waals surface area (Å²) in [7, 11) is 3.09. The highest BCUT2D eigenvalue weighted by atomic mass is 35.5. The number of ether oxygens (including phenoxy) is 2. The minimum absolute atomic E-state index is 0.111. The lowest BCUT2D eigenvalue weighted by atomic mass is 9.80. The van der Waals surface area contributed by atoms with E-state index in [0.29, 0.717) is 35.6 Å². The van der Waals surface area contributed by atoms with Crippen molar-refractivity contribution in [2.75, 3.05) is 19.5 Å². The van der Waals surface area contributed by atoms with Crippen molar-refractivity contribution in [2.45, 2.75) is 70.3 Å². The van der Waals surface area contributed by atoms with Gasteiger partial charge in [0.2, 0.25) is 0 Å². The minimum atomic E-state index is -0.111. The van der Waals surface area contributed by atoms with Crippen LogP contribution in [0.3, 0.4) is 0 Å². The number of thiophene rings is 1. The molecule has 0 unspecified atom stereocenters. The van der Waals surface area contributed by atoms with Crippen LogP contribution in [0.25, 0.3) is 10.2 Å². The van der Waals surface area contributed by atoms with Gasteiger partial charge in [-0.25, -0.2) is 9.97 Å². The summed E-state index contributed by atoms with van der Waals surface area (Å²) >= 11 is 8.20. The molecule has 0 saturated heterocycles. The van der Waals surface area contributed by atoms with Crippen LogP contribution in [0, 0.1) is 5.92 Å². The second kappa shape index (κ2) is 10.7. The van der Waals surface area contributed by atoms with Crippen LogP contribution in [0.2, 0.25) is 5.02 Å². The normalized spacial score (nSPS) is 19.9. The number of aromatic nitrogens is 2. The lowest BCUT2D eigenvalue weighted by Gasteiger charge is -2.27. The Morgan fingerprint density at radius 2 is 1.94 bits per heavy atom. The van der Waals surface area contributed by atoms with Gasteiger partial charge in [-0.1, -0.05) is 17.7 Å². The van der Waals surface area contributed by atoms with E-state index in [1.807, 2.05) is 29.5 Å². The van der Waals surface area contributed by atoms with E-state index in [4.69, 9.17) is 31.0 Å². The number of methoxy groups -OCH3 is 2. The van der Waals surface area contributed by atoms with Gasteiger partial charge in [0.25, 0.3) is 0 Å². The second-order valence-corrected chi connectivity index (χ2v) is 11.1. The molecule has 186 valence electrons. The molecule has 0 atom stereocenters. The zero-order valence-electron chi connectivity index (χ0n) is 20.4. The van der Waals surface area contributed by atoms with Crippen LogP contribution in [0.1, 0.15) is 72.7 Å². The number of halogens is 1.